The summed E-state index contributed by atoms with van der Waals surface area (Å²) in [4.78, 5) is 2.43. The second-order valence-electron chi connectivity index (χ2n) is 4.70. The number of halogens is 1. The van der Waals surface area contributed by atoms with Crippen LogP contribution in [0, 0.1) is 0 Å². The summed E-state index contributed by atoms with van der Waals surface area (Å²) in [6.07, 6.45) is 0. The number of benzene rings is 2. The number of hydrogen-bond donors (Lipinski definition) is 0. The Balaban J connectivity index is 1.88. The van der Waals surface area contributed by atoms with E-state index in [2.05, 4.69) is 82.4 Å². The van der Waals surface area contributed by atoms with Crippen LogP contribution in [0.2, 0.25) is 0 Å². The molecule has 1 unspecified atom stereocenters. The summed E-state index contributed by atoms with van der Waals surface area (Å²) in [5.74, 6) is 0. The molecule has 0 aliphatic carbocycles. The van der Waals surface area contributed by atoms with Gasteiger partial charge in [0.05, 0.1) is 5.54 Å². The molecule has 0 bridgehead atoms. The Morgan fingerprint density at radius 1 is 1.00 bits per heavy atom. The molecule has 2 aromatic rings. The van der Waals surface area contributed by atoms with Crippen LogP contribution in [0.4, 0.5) is 5.69 Å². The molecule has 1 fully saturated rings. The highest BCUT2D eigenvalue weighted by molar-refractivity contribution is 9.10. The minimum atomic E-state index is 0.176. The fourth-order valence-corrected chi connectivity index (χ4v) is 2.58. The second-order valence-corrected chi connectivity index (χ2v) is 5.62. The summed E-state index contributed by atoms with van der Waals surface area (Å²) in [6.45, 7) is 3.39. The molecule has 3 rings (SSSR count). The van der Waals surface area contributed by atoms with Crippen molar-refractivity contribution >= 4 is 21.6 Å². The van der Waals surface area contributed by atoms with Crippen LogP contribution in [0.5, 0.6) is 0 Å². The van der Waals surface area contributed by atoms with Crippen molar-refractivity contribution in [3.8, 4) is 0 Å². The van der Waals surface area contributed by atoms with Crippen molar-refractivity contribution < 1.29 is 0 Å². The summed E-state index contributed by atoms with van der Waals surface area (Å²) < 4.78 is 1.13. The number of rotatable bonds is 2. The van der Waals surface area contributed by atoms with E-state index >= 15 is 0 Å². The molecule has 2 heteroatoms. The highest BCUT2D eigenvalue weighted by Crippen LogP contribution is 2.45. The first kappa shape index (κ1) is 10.8. The SMILES string of the molecule is CC1(c2ccccc2)CN1c1ccc(Br)cc1. The van der Waals surface area contributed by atoms with Crippen molar-refractivity contribution in [3.63, 3.8) is 0 Å². The minimum Gasteiger partial charge on any atom is -0.358 e. The zero-order chi connectivity index (χ0) is 11.9. The number of nitrogens with zero attached hydrogens (tertiary/aromatic N) is 1. The molecular formula is C15H14BrN. The lowest BCUT2D eigenvalue weighted by Gasteiger charge is -2.14. The van der Waals surface area contributed by atoms with E-state index in [1.807, 2.05) is 0 Å². The van der Waals surface area contributed by atoms with Gasteiger partial charge in [-0.3, -0.25) is 0 Å². The molecule has 1 atom stereocenters. The lowest BCUT2D eigenvalue weighted by atomic mass is 10.0. The summed E-state index contributed by atoms with van der Waals surface area (Å²) >= 11 is 3.47. The largest absolute Gasteiger partial charge is 0.358 e. The summed E-state index contributed by atoms with van der Waals surface area (Å²) in [7, 11) is 0. The third-order valence-corrected chi connectivity index (χ3v) is 4.02. The number of anilines is 1. The van der Waals surface area contributed by atoms with Crippen LogP contribution in [0.3, 0.4) is 0 Å². The minimum absolute atomic E-state index is 0.176. The zero-order valence-corrected chi connectivity index (χ0v) is 11.3. The van der Waals surface area contributed by atoms with Crippen LogP contribution in [0.1, 0.15) is 12.5 Å². The summed E-state index contributed by atoms with van der Waals surface area (Å²) in [5, 5.41) is 0. The van der Waals surface area contributed by atoms with Crippen LogP contribution in [0.15, 0.2) is 59.1 Å². The molecule has 1 nitrogen and oxygen atoms in total. The Labute approximate surface area is 110 Å². The van der Waals surface area contributed by atoms with Gasteiger partial charge in [0.1, 0.15) is 0 Å². The maximum atomic E-state index is 3.47. The van der Waals surface area contributed by atoms with E-state index in [1.165, 1.54) is 11.3 Å². The monoisotopic (exact) mass is 287 g/mol. The van der Waals surface area contributed by atoms with E-state index in [1.54, 1.807) is 0 Å². The van der Waals surface area contributed by atoms with Gasteiger partial charge < -0.3 is 4.90 Å². The first-order valence-electron chi connectivity index (χ1n) is 5.79. The topological polar surface area (TPSA) is 3.01 Å². The van der Waals surface area contributed by atoms with E-state index < -0.39 is 0 Å². The van der Waals surface area contributed by atoms with Crippen LogP contribution >= 0.6 is 15.9 Å². The Bertz CT molecular complexity index is 520. The van der Waals surface area contributed by atoms with Gasteiger partial charge in [0, 0.05) is 16.7 Å². The average molecular weight is 288 g/mol. The van der Waals surface area contributed by atoms with E-state index in [9.17, 15) is 0 Å². The van der Waals surface area contributed by atoms with Crippen molar-refractivity contribution in [1.29, 1.82) is 0 Å². The molecule has 0 amide bonds. The first-order chi connectivity index (χ1) is 8.20. The van der Waals surface area contributed by atoms with E-state index in [-0.39, 0.29) is 5.54 Å². The molecular weight excluding hydrogens is 274 g/mol. The quantitative estimate of drug-likeness (QED) is 0.749. The number of hydrogen-bond acceptors (Lipinski definition) is 1. The van der Waals surface area contributed by atoms with E-state index in [0.29, 0.717) is 0 Å². The standard InChI is InChI=1S/C15H14BrN/c1-15(12-5-3-2-4-6-12)11-17(15)14-9-7-13(16)8-10-14/h2-10H,11H2,1H3. The van der Waals surface area contributed by atoms with Gasteiger partial charge in [0.2, 0.25) is 0 Å². The van der Waals surface area contributed by atoms with Crippen molar-refractivity contribution in [2.45, 2.75) is 12.5 Å². The summed E-state index contributed by atoms with van der Waals surface area (Å²) in [6, 6.07) is 19.2. The van der Waals surface area contributed by atoms with Gasteiger partial charge in [-0.15, -0.1) is 0 Å². The predicted molar refractivity (Wildman–Crippen MR) is 75.3 cm³/mol. The zero-order valence-electron chi connectivity index (χ0n) is 9.73. The molecule has 0 N–H and O–H groups in total. The molecule has 1 heterocycles. The Morgan fingerprint density at radius 3 is 2.29 bits per heavy atom. The van der Waals surface area contributed by atoms with Crippen LogP contribution in [0.25, 0.3) is 0 Å². The van der Waals surface area contributed by atoms with Gasteiger partial charge in [-0.2, -0.15) is 0 Å². The van der Waals surface area contributed by atoms with Crippen molar-refractivity contribution in [3.05, 3.63) is 64.6 Å². The molecule has 86 valence electrons. The molecule has 17 heavy (non-hydrogen) atoms. The Kier molecular flexibility index (Phi) is 2.48. The van der Waals surface area contributed by atoms with Crippen molar-refractivity contribution in [2.24, 2.45) is 0 Å². The Morgan fingerprint density at radius 2 is 1.65 bits per heavy atom. The maximum Gasteiger partial charge on any atom is 0.0801 e. The van der Waals surface area contributed by atoms with Gasteiger partial charge in [-0.05, 0) is 36.8 Å². The van der Waals surface area contributed by atoms with Crippen LogP contribution in [-0.4, -0.2) is 6.54 Å². The van der Waals surface area contributed by atoms with E-state index in [4.69, 9.17) is 0 Å². The highest BCUT2D eigenvalue weighted by Gasteiger charge is 2.48. The van der Waals surface area contributed by atoms with Crippen LogP contribution < -0.4 is 4.90 Å². The van der Waals surface area contributed by atoms with Gasteiger partial charge in [0.15, 0.2) is 0 Å². The van der Waals surface area contributed by atoms with Gasteiger partial charge in [-0.1, -0.05) is 46.3 Å². The normalized spacial score (nSPS) is 22.6. The second kappa shape index (κ2) is 3.88. The maximum absolute atomic E-state index is 3.47. The fourth-order valence-electron chi connectivity index (χ4n) is 2.31. The van der Waals surface area contributed by atoms with Crippen molar-refractivity contribution in [1.82, 2.24) is 0 Å². The predicted octanol–water partition coefficient (Wildman–Crippen LogP) is 4.18. The molecule has 1 aliphatic heterocycles. The molecule has 1 saturated heterocycles. The molecule has 0 saturated carbocycles. The van der Waals surface area contributed by atoms with Crippen molar-refractivity contribution in [2.75, 3.05) is 11.4 Å². The van der Waals surface area contributed by atoms with Gasteiger partial charge >= 0.3 is 0 Å². The third kappa shape index (κ3) is 1.87. The smallest absolute Gasteiger partial charge is 0.0801 e. The summed E-state index contributed by atoms with van der Waals surface area (Å²) in [5.41, 5.74) is 2.86. The fraction of sp³-hybridized carbons (Fsp3) is 0.200. The lowest BCUT2D eigenvalue weighted by molar-refractivity contribution is 0.797. The van der Waals surface area contributed by atoms with E-state index in [0.717, 1.165) is 11.0 Å². The first-order valence-corrected chi connectivity index (χ1v) is 6.58. The Hall–Kier alpha value is -1.28. The lowest BCUT2D eigenvalue weighted by Crippen LogP contribution is -2.10. The molecule has 0 spiro atoms. The highest BCUT2D eigenvalue weighted by atomic mass is 79.9. The molecule has 0 aromatic heterocycles. The van der Waals surface area contributed by atoms with Crippen LogP contribution in [-0.2, 0) is 5.54 Å². The third-order valence-electron chi connectivity index (χ3n) is 3.49. The average Bonchev–Trinajstić information content (AvgIpc) is 3.05. The van der Waals surface area contributed by atoms with Gasteiger partial charge in [0.25, 0.3) is 0 Å². The molecule has 1 aliphatic rings. The molecule has 0 radical (unpaired) electrons. The van der Waals surface area contributed by atoms with Gasteiger partial charge in [-0.25, -0.2) is 0 Å². The molecule has 2 aromatic carbocycles.